The smallest absolute Gasteiger partial charge is 0.224 e. The van der Waals surface area contributed by atoms with E-state index >= 15 is 0 Å². The molecule has 0 N–H and O–H groups in total. The van der Waals surface area contributed by atoms with E-state index in [1.807, 2.05) is 6.07 Å². The number of halogens is 1. The number of rotatable bonds is 2. The molecule has 1 aromatic rings. The van der Waals surface area contributed by atoms with E-state index in [-0.39, 0.29) is 11.2 Å². The molecule has 2 rings (SSSR count). The normalized spacial score (nSPS) is 18.7. The molecule has 1 fully saturated rings. The summed E-state index contributed by atoms with van der Waals surface area (Å²) < 4.78 is 13.2. The maximum absolute atomic E-state index is 13.2. The quantitative estimate of drug-likeness (QED) is 0.647. The zero-order chi connectivity index (χ0) is 10.7. The predicted octanol–water partition coefficient (Wildman–Crippen LogP) is 3.56. The summed E-state index contributed by atoms with van der Waals surface area (Å²) in [6.07, 6.45) is 4.37. The first-order chi connectivity index (χ1) is 7.27. The topological polar surface area (TPSA) is 4.36 Å². The van der Waals surface area contributed by atoms with E-state index in [0.29, 0.717) is 6.54 Å². The summed E-state index contributed by atoms with van der Waals surface area (Å²) in [4.78, 5) is 3.52. The third-order valence-corrected chi connectivity index (χ3v) is 3.38. The van der Waals surface area contributed by atoms with E-state index in [9.17, 15) is 4.39 Å². The maximum atomic E-state index is 13.2. The third kappa shape index (κ3) is 1.87. The molecular formula is C13H14FN. The molecule has 78 valence electrons. The molecule has 0 atom stereocenters. The predicted molar refractivity (Wildman–Crippen MR) is 58.0 cm³/mol. The lowest BCUT2D eigenvalue weighted by Gasteiger charge is -2.23. The van der Waals surface area contributed by atoms with Crippen molar-refractivity contribution in [3.63, 3.8) is 0 Å². The fourth-order valence-electron chi connectivity index (χ4n) is 2.56. The van der Waals surface area contributed by atoms with Crippen LogP contribution >= 0.6 is 0 Å². The molecule has 0 aliphatic heterocycles. The maximum Gasteiger partial charge on any atom is 0.224 e. The lowest BCUT2D eigenvalue weighted by atomic mass is 9.79. The van der Waals surface area contributed by atoms with Crippen molar-refractivity contribution in [2.24, 2.45) is 0 Å². The van der Waals surface area contributed by atoms with Crippen molar-refractivity contribution >= 4 is 0 Å². The largest absolute Gasteiger partial charge is 0.316 e. The summed E-state index contributed by atoms with van der Waals surface area (Å²) in [5.74, 6) is -0.191. The molecule has 15 heavy (non-hydrogen) atoms. The van der Waals surface area contributed by atoms with Crippen molar-refractivity contribution < 1.29 is 4.39 Å². The van der Waals surface area contributed by atoms with Gasteiger partial charge in [-0.3, -0.25) is 0 Å². The van der Waals surface area contributed by atoms with Crippen molar-refractivity contribution in [3.05, 3.63) is 47.1 Å². The van der Waals surface area contributed by atoms with E-state index < -0.39 is 0 Å². The van der Waals surface area contributed by atoms with Crippen LogP contribution < -0.4 is 0 Å². The van der Waals surface area contributed by atoms with Gasteiger partial charge in [0.05, 0.1) is 5.41 Å². The first-order valence-electron chi connectivity index (χ1n) is 5.36. The Morgan fingerprint density at radius 3 is 2.67 bits per heavy atom. The number of hydrogen-bond acceptors (Lipinski definition) is 0. The molecule has 1 saturated carbocycles. The average molecular weight is 203 g/mol. The van der Waals surface area contributed by atoms with Gasteiger partial charge in [0.25, 0.3) is 0 Å². The number of nitrogens with zero attached hydrogens (tertiary/aromatic N) is 1. The highest BCUT2D eigenvalue weighted by molar-refractivity contribution is 5.28. The zero-order valence-electron chi connectivity index (χ0n) is 8.67. The Morgan fingerprint density at radius 1 is 1.33 bits per heavy atom. The molecule has 0 bridgehead atoms. The Kier molecular flexibility index (Phi) is 2.73. The van der Waals surface area contributed by atoms with Crippen molar-refractivity contribution in [1.29, 1.82) is 0 Å². The summed E-state index contributed by atoms with van der Waals surface area (Å²) in [6, 6.07) is 6.76. The molecule has 1 aliphatic carbocycles. The minimum Gasteiger partial charge on any atom is -0.316 e. The molecule has 0 spiro atoms. The van der Waals surface area contributed by atoms with Crippen LogP contribution in [0.4, 0.5) is 4.39 Å². The lowest BCUT2D eigenvalue weighted by Crippen LogP contribution is -2.25. The van der Waals surface area contributed by atoms with Gasteiger partial charge in [0.15, 0.2) is 0 Å². The molecule has 1 nitrogen and oxygen atoms in total. The Hall–Kier alpha value is -1.36. The molecule has 0 radical (unpaired) electrons. The molecule has 0 unspecified atom stereocenters. The highest BCUT2D eigenvalue weighted by atomic mass is 19.1. The van der Waals surface area contributed by atoms with Gasteiger partial charge in [-0.2, -0.15) is 0 Å². The Labute approximate surface area is 89.7 Å². The molecule has 1 aromatic carbocycles. The first-order valence-corrected chi connectivity index (χ1v) is 5.36. The molecule has 0 saturated heterocycles. The van der Waals surface area contributed by atoms with Crippen LogP contribution in [0.25, 0.3) is 4.85 Å². The minimum atomic E-state index is -0.191. The summed E-state index contributed by atoms with van der Waals surface area (Å²) in [6.45, 7) is 7.52. The van der Waals surface area contributed by atoms with Gasteiger partial charge in [-0.15, -0.1) is 0 Å². The molecule has 2 heteroatoms. The SMILES string of the molecule is [C-]#[N+]CC1(c2cccc(F)c2)CCCC1. The second-order valence-electron chi connectivity index (χ2n) is 4.31. The molecule has 0 aromatic heterocycles. The van der Waals surface area contributed by atoms with E-state index in [0.717, 1.165) is 31.2 Å². The van der Waals surface area contributed by atoms with Gasteiger partial charge in [0.1, 0.15) is 5.82 Å². The van der Waals surface area contributed by atoms with Crippen LogP contribution in [0.1, 0.15) is 31.2 Å². The van der Waals surface area contributed by atoms with Gasteiger partial charge in [0.2, 0.25) is 6.54 Å². The standard InChI is InChI=1S/C13H14FN/c1-15-10-13(7-2-3-8-13)11-5-4-6-12(14)9-11/h4-6,9H,2-3,7-8,10H2. The number of benzene rings is 1. The fourth-order valence-corrected chi connectivity index (χ4v) is 2.56. The van der Waals surface area contributed by atoms with Gasteiger partial charge in [-0.1, -0.05) is 25.0 Å². The van der Waals surface area contributed by atoms with E-state index in [1.54, 1.807) is 12.1 Å². The Bertz CT molecular complexity index is 386. The lowest BCUT2D eigenvalue weighted by molar-refractivity contribution is 0.474. The Morgan fingerprint density at radius 2 is 2.07 bits per heavy atom. The molecule has 0 heterocycles. The highest BCUT2D eigenvalue weighted by Crippen LogP contribution is 2.41. The van der Waals surface area contributed by atoms with E-state index in [2.05, 4.69) is 4.85 Å². The summed E-state index contributed by atoms with van der Waals surface area (Å²) >= 11 is 0. The van der Waals surface area contributed by atoms with Gasteiger partial charge in [-0.05, 0) is 30.5 Å². The Balaban J connectivity index is 2.37. The average Bonchev–Trinajstić information content (AvgIpc) is 2.68. The van der Waals surface area contributed by atoms with Gasteiger partial charge in [0, 0.05) is 0 Å². The van der Waals surface area contributed by atoms with Crippen LogP contribution in [0.2, 0.25) is 0 Å². The van der Waals surface area contributed by atoms with Gasteiger partial charge < -0.3 is 4.85 Å². The first kappa shape index (κ1) is 10.2. The number of hydrogen-bond donors (Lipinski definition) is 0. The van der Waals surface area contributed by atoms with Crippen molar-refractivity contribution in [2.75, 3.05) is 6.54 Å². The van der Waals surface area contributed by atoms with Crippen molar-refractivity contribution in [2.45, 2.75) is 31.1 Å². The minimum absolute atomic E-state index is 0.0656. The van der Waals surface area contributed by atoms with E-state index in [1.165, 1.54) is 6.07 Å². The van der Waals surface area contributed by atoms with Crippen LogP contribution in [0.3, 0.4) is 0 Å². The summed E-state index contributed by atoms with van der Waals surface area (Å²) in [5, 5.41) is 0. The fraction of sp³-hybridized carbons (Fsp3) is 0.462. The summed E-state index contributed by atoms with van der Waals surface area (Å²) in [5.41, 5.74) is 0.945. The van der Waals surface area contributed by atoms with Crippen LogP contribution in [-0.2, 0) is 5.41 Å². The molecule has 0 amide bonds. The second-order valence-corrected chi connectivity index (χ2v) is 4.31. The summed E-state index contributed by atoms with van der Waals surface area (Å²) in [7, 11) is 0. The van der Waals surface area contributed by atoms with Crippen LogP contribution in [-0.4, -0.2) is 6.54 Å². The monoisotopic (exact) mass is 203 g/mol. The van der Waals surface area contributed by atoms with Crippen LogP contribution in [0, 0.1) is 12.4 Å². The van der Waals surface area contributed by atoms with Crippen LogP contribution in [0.15, 0.2) is 24.3 Å². The van der Waals surface area contributed by atoms with Gasteiger partial charge in [-0.25, -0.2) is 11.0 Å². The van der Waals surface area contributed by atoms with Crippen molar-refractivity contribution in [1.82, 2.24) is 0 Å². The third-order valence-electron chi connectivity index (χ3n) is 3.38. The second kappa shape index (κ2) is 4.02. The molecular weight excluding hydrogens is 189 g/mol. The van der Waals surface area contributed by atoms with Crippen molar-refractivity contribution in [3.8, 4) is 0 Å². The zero-order valence-corrected chi connectivity index (χ0v) is 8.67. The highest BCUT2D eigenvalue weighted by Gasteiger charge is 2.38. The van der Waals surface area contributed by atoms with Gasteiger partial charge >= 0.3 is 0 Å². The van der Waals surface area contributed by atoms with Crippen LogP contribution in [0.5, 0.6) is 0 Å². The van der Waals surface area contributed by atoms with E-state index in [4.69, 9.17) is 6.57 Å². The molecule has 1 aliphatic rings.